The van der Waals surface area contributed by atoms with Crippen LogP contribution in [0.5, 0.6) is 11.5 Å². The molecule has 0 aliphatic carbocycles. The number of nitrogens with zero attached hydrogens (tertiary/aromatic N) is 2. The van der Waals surface area contributed by atoms with Gasteiger partial charge >= 0.3 is 0 Å². The number of methoxy groups -OCH3 is 1. The summed E-state index contributed by atoms with van der Waals surface area (Å²) in [6, 6.07) is 19.1. The van der Waals surface area contributed by atoms with Crippen molar-refractivity contribution >= 4 is 10.9 Å². The van der Waals surface area contributed by atoms with Crippen molar-refractivity contribution in [2.75, 3.05) is 20.3 Å². The first-order chi connectivity index (χ1) is 14.2. The Morgan fingerprint density at radius 1 is 0.931 bits per heavy atom. The molecule has 2 aromatic carbocycles. The highest BCUT2D eigenvalue weighted by Crippen LogP contribution is 2.35. The fourth-order valence-electron chi connectivity index (χ4n) is 3.31. The van der Waals surface area contributed by atoms with E-state index in [9.17, 15) is 5.11 Å². The minimum absolute atomic E-state index is 0.175. The van der Waals surface area contributed by atoms with Crippen LogP contribution >= 0.6 is 0 Å². The predicted octanol–water partition coefficient (Wildman–Crippen LogP) is 5.00. The van der Waals surface area contributed by atoms with E-state index in [2.05, 4.69) is 4.98 Å². The molecule has 0 unspecified atom stereocenters. The molecule has 0 amide bonds. The molecule has 146 valence electrons. The van der Waals surface area contributed by atoms with Crippen LogP contribution in [0.1, 0.15) is 5.56 Å². The van der Waals surface area contributed by atoms with Crippen molar-refractivity contribution in [1.29, 1.82) is 0 Å². The Bertz CT molecular complexity index is 1140. The lowest BCUT2D eigenvalue weighted by molar-refractivity contribution is 0.147. The summed E-state index contributed by atoms with van der Waals surface area (Å²) in [6.45, 7) is 2.98. The quantitative estimate of drug-likeness (QED) is 0.472. The first-order valence-electron chi connectivity index (χ1n) is 9.44. The van der Waals surface area contributed by atoms with Gasteiger partial charge in [0.1, 0.15) is 23.6 Å². The van der Waals surface area contributed by atoms with E-state index in [0.717, 1.165) is 27.7 Å². The molecule has 4 aromatic rings. The van der Waals surface area contributed by atoms with Crippen molar-refractivity contribution < 1.29 is 14.6 Å². The van der Waals surface area contributed by atoms with Crippen molar-refractivity contribution in [3.05, 3.63) is 72.4 Å². The highest BCUT2D eigenvalue weighted by molar-refractivity contribution is 5.90. The van der Waals surface area contributed by atoms with E-state index < -0.39 is 0 Å². The zero-order chi connectivity index (χ0) is 20.2. The molecule has 1 N–H and O–H groups in total. The monoisotopic (exact) mass is 386 g/mol. The molecular formula is C24H22N2O3. The van der Waals surface area contributed by atoms with Gasteiger partial charge in [0.25, 0.3) is 0 Å². The van der Waals surface area contributed by atoms with Crippen LogP contribution in [0.15, 0.2) is 66.9 Å². The number of aromatic nitrogens is 2. The van der Waals surface area contributed by atoms with Gasteiger partial charge in [0, 0.05) is 29.8 Å². The zero-order valence-electron chi connectivity index (χ0n) is 16.4. The van der Waals surface area contributed by atoms with Gasteiger partial charge in [0.2, 0.25) is 0 Å². The van der Waals surface area contributed by atoms with Crippen LogP contribution in [0.25, 0.3) is 33.4 Å². The van der Waals surface area contributed by atoms with Gasteiger partial charge in [-0.25, -0.2) is 4.98 Å². The van der Waals surface area contributed by atoms with Crippen molar-refractivity contribution in [2.24, 2.45) is 0 Å². The fraction of sp³-hybridized carbons (Fsp3) is 0.167. The number of hydrogen-bond acceptors (Lipinski definition) is 5. The molecule has 0 aliphatic rings. The number of aryl methyl sites for hydroxylation is 1. The van der Waals surface area contributed by atoms with E-state index in [1.807, 2.05) is 61.5 Å². The van der Waals surface area contributed by atoms with Crippen LogP contribution in [-0.2, 0) is 4.74 Å². The summed E-state index contributed by atoms with van der Waals surface area (Å²) < 4.78 is 10.9. The van der Waals surface area contributed by atoms with Crippen LogP contribution in [0.2, 0.25) is 0 Å². The number of para-hydroxylation sites is 1. The summed E-state index contributed by atoms with van der Waals surface area (Å²) in [5.41, 5.74) is 4.93. The molecule has 0 aliphatic heterocycles. The van der Waals surface area contributed by atoms with Gasteiger partial charge in [-0.2, -0.15) is 0 Å². The number of hydrogen-bond donors (Lipinski definition) is 1. The summed E-state index contributed by atoms with van der Waals surface area (Å²) in [5.74, 6) is 0.874. The Labute approximate surface area is 169 Å². The maximum atomic E-state index is 10.5. The summed E-state index contributed by atoms with van der Waals surface area (Å²) >= 11 is 0. The number of benzene rings is 2. The lowest BCUT2D eigenvalue weighted by Crippen LogP contribution is -2.05. The van der Waals surface area contributed by atoms with Crippen LogP contribution < -0.4 is 4.74 Å². The first-order valence-corrected chi connectivity index (χ1v) is 9.44. The maximum Gasteiger partial charge on any atom is 0.145 e. The average molecular weight is 386 g/mol. The van der Waals surface area contributed by atoms with E-state index in [1.165, 1.54) is 0 Å². The lowest BCUT2D eigenvalue weighted by atomic mass is 10.0. The molecule has 0 fully saturated rings. The van der Waals surface area contributed by atoms with Gasteiger partial charge in [-0.05, 0) is 55.0 Å². The average Bonchev–Trinajstić information content (AvgIpc) is 2.75. The van der Waals surface area contributed by atoms with Crippen molar-refractivity contribution in [3.8, 4) is 34.0 Å². The molecule has 29 heavy (non-hydrogen) atoms. The highest BCUT2D eigenvalue weighted by Gasteiger charge is 2.13. The molecule has 0 saturated carbocycles. The third-order valence-corrected chi connectivity index (χ3v) is 4.79. The molecule has 0 spiro atoms. The Morgan fingerprint density at radius 3 is 2.62 bits per heavy atom. The van der Waals surface area contributed by atoms with Crippen molar-refractivity contribution in [2.45, 2.75) is 6.92 Å². The third-order valence-electron chi connectivity index (χ3n) is 4.79. The fourth-order valence-corrected chi connectivity index (χ4v) is 3.31. The third kappa shape index (κ3) is 3.91. The Kier molecular flexibility index (Phi) is 5.40. The van der Waals surface area contributed by atoms with Crippen LogP contribution in [0.3, 0.4) is 0 Å². The molecule has 0 radical (unpaired) electrons. The standard InChI is InChI=1S/C24H22N2O3/c1-16-14-21(26-24-18(16)6-5-8-23(24)29-13-12-28-2)19-15-17(9-10-22(19)27)20-7-3-4-11-25-20/h3-11,14-15,27H,12-13H2,1-2H3. The molecule has 0 atom stereocenters. The number of phenols is 1. The summed E-state index contributed by atoms with van der Waals surface area (Å²) in [5, 5.41) is 11.6. The Hall–Kier alpha value is -3.44. The minimum atomic E-state index is 0.175. The van der Waals surface area contributed by atoms with E-state index >= 15 is 0 Å². The van der Waals surface area contributed by atoms with Crippen LogP contribution in [-0.4, -0.2) is 35.4 Å². The lowest BCUT2D eigenvalue weighted by Gasteiger charge is -2.13. The molecular weight excluding hydrogens is 364 g/mol. The Balaban J connectivity index is 1.83. The van der Waals surface area contributed by atoms with Gasteiger partial charge in [-0.3, -0.25) is 4.98 Å². The second-order valence-corrected chi connectivity index (χ2v) is 6.76. The first kappa shape index (κ1) is 18.9. The highest BCUT2D eigenvalue weighted by atomic mass is 16.5. The molecule has 4 rings (SSSR count). The largest absolute Gasteiger partial charge is 0.507 e. The topological polar surface area (TPSA) is 64.5 Å². The number of fused-ring (bicyclic) bond motifs is 1. The number of pyridine rings is 2. The second kappa shape index (κ2) is 8.29. The number of ether oxygens (including phenoxy) is 2. The molecule has 2 heterocycles. The second-order valence-electron chi connectivity index (χ2n) is 6.76. The van der Waals surface area contributed by atoms with Crippen molar-refractivity contribution in [1.82, 2.24) is 9.97 Å². The molecule has 2 aromatic heterocycles. The maximum absolute atomic E-state index is 10.5. The smallest absolute Gasteiger partial charge is 0.145 e. The summed E-state index contributed by atoms with van der Waals surface area (Å²) in [6.07, 6.45) is 1.75. The van der Waals surface area contributed by atoms with Crippen LogP contribution in [0, 0.1) is 6.92 Å². The van der Waals surface area contributed by atoms with E-state index in [4.69, 9.17) is 14.5 Å². The zero-order valence-corrected chi connectivity index (χ0v) is 16.4. The molecule has 5 nitrogen and oxygen atoms in total. The molecule has 0 saturated heterocycles. The van der Waals surface area contributed by atoms with Gasteiger partial charge in [0.05, 0.1) is 18.0 Å². The molecule has 0 bridgehead atoms. The van der Waals surface area contributed by atoms with Crippen molar-refractivity contribution in [3.63, 3.8) is 0 Å². The van der Waals surface area contributed by atoms with E-state index in [-0.39, 0.29) is 5.75 Å². The van der Waals surface area contributed by atoms with Crippen LogP contribution in [0.4, 0.5) is 0 Å². The van der Waals surface area contributed by atoms with Gasteiger partial charge in [0.15, 0.2) is 0 Å². The molecule has 5 heteroatoms. The van der Waals surface area contributed by atoms with E-state index in [1.54, 1.807) is 19.4 Å². The normalized spacial score (nSPS) is 11.0. The Morgan fingerprint density at radius 2 is 1.83 bits per heavy atom. The number of aromatic hydroxyl groups is 1. The van der Waals surface area contributed by atoms with Gasteiger partial charge in [-0.15, -0.1) is 0 Å². The predicted molar refractivity (Wildman–Crippen MR) is 114 cm³/mol. The van der Waals surface area contributed by atoms with E-state index in [0.29, 0.717) is 30.2 Å². The number of phenolic OH excluding ortho intramolecular Hbond substituents is 1. The SMILES string of the molecule is COCCOc1cccc2c(C)cc(-c3cc(-c4ccccn4)ccc3O)nc12. The summed E-state index contributed by atoms with van der Waals surface area (Å²) in [7, 11) is 1.64. The minimum Gasteiger partial charge on any atom is -0.507 e. The summed E-state index contributed by atoms with van der Waals surface area (Å²) in [4.78, 5) is 9.24. The van der Waals surface area contributed by atoms with Gasteiger partial charge < -0.3 is 14.6 Å². The number of rotatable bonds is 6. The van der Waals surface area contributed by atoms with Gasteiger partial charge in [-0.1, -0.05) is 18.2 Å².